The number of Topliss-reactive ketones (excluding diaryl/α,β-unsaturated/α-hetero) is 1. The van der Waals surface area contributed by atoms with E-state index in [1.165, 1.54) is 106 Å². The van der Waals surface area contributed by atoms with E-state index >= 15 is 0 Å². The van der Waals surface area contributed by atoms with E-state index in [1.807, 2.05) is 0 Å². The van der Waals surface area contributed by atoms with E-state index in [-0.39, 0.29) is 1.43 Å². The first kappa shape index (κ1) is 26.7. The summed E-state index contributed by atoms with van der Waals surface area (Å²) in [4.78, 5) is 13.5. The molecule has 3 aliphatic rings. The predicted octanol–water partition coefficient (Wildman–Crippen LogP) is 9.90. The molecule has 0 radical (unpaired) electrons. The molecule has 3 aliphatic carbocycles. The molecular formula is C36H52O. The lowest BCUT2D eigenvalue weighted by Gasteiger charge is -2.26. The van der Waals surface area contributed by atoms with E-state index in [0.29, 0.717) is 18.1 Å². The van der Waals surface area contributed by atoms with Crippen LogP contribution in [0.3, 0.4) is 0 Å². The molecule has 0 aromatic heterocycles. The zero-order chi connectivity index (χ0) is 25.5. The van der Waals surface area contributed by atoms with Crippen molar-refractivity contribution in [2.75, 3.05) is 0 Å². The standard InChI is InChI=1S/C36H50O.H2/c1-2-8-34-24-30(16-15-28-9-4-3-5-10-28)19-22-35(34)36(37)26-31-18-21-32-23-29(17-20-33(32)25-31)14-7-13-27-11-6-12-27;/h17,19-20,22-24,27-28,31H,2-16,18,21,25-26H2,1H3;1H. The first-order valence-corrected chi connectivity index (χ1v) is 15.9. The smallest absolute Gasteiger partial charge is 0.163 e. The van der Waals surface area contributed by atoms with Gasteiger partial charge in [-0.3, -0.25) is 4.79 Å². The molecule has 37 heavy (non-hydrogen) atoms. The van der Waals surface area contributed by atoms with Crippen LogP contribution in [0, 0.1) is 17.8 Å². The molecule has 0 saturated heterocycles. The topological polar surface area (TPSA) is 17.1 Å². The van der Waals surface area contributed by atoms with Crippen molar-refractivity contribution in [3.05, 3.63) is 69.8 Å². The van der Waals surface area contributed by atoms with Crippen LogP contribution >= 0.6 is 0 Å². The highest BCUT2D eigenvalue weighted by Crippen LogP contribution is 2.33. The average molecular weight is 501 g/mol. The second-order valence-electron chi connectivity index (χ2n) is 12.8. The molecule has 0 heterocycles. The Morgan fingerprint density at radius 1 is 0.757 bits per heavy atom. The molecule has 0 spiro atoms. The normalized spacial score (nSPS) is 20.4. The molecule has 1 nitrogen and oxygen atoms in total. The zero-order valence-electron chi connectivity index (χ0n) is 23.5. The van der Waals surface area contributed by atoms with Gasteiger partial charge in [0.1, 0.15) is 0 Å². The minimum atomic E-state index is 0. The highest BCUT2D eigenvalue weighted by atomic mass is 16.1. The second-order valence-corrected chi connectivity index (χ2v) is 12.8. The van der Waals surface area contributed by atoms with Crippen LogP contribution in [0.1, 0.15) is 136 Å². The Hall–Kier alpha value is -1.89. The fourth-order valence-corrected chi connectivity index (χ4v) is 7.36. The Labute approximate surface area is 228 Å². The molecule has 0 N–H and O–H groups in total. The van der Waals surface area contributed by atoms with Gasteiger partial charge in [-0.2, -0.15) is 0 Å². The Kier molecular flexibility index (Phi) is 9.57. The third kappa shape index (κ3) is 7.36. The number of benzene rings is 2. The van der Waals surface area contributed by atoms with Crippen LogP contribution < -0.4 is 0 Å². The molecule has 1 unspecified atom stereocenters. The minimum Gasteiger partial charge on any atom is -0.294 e. The van der Waals surface area contributed by atoms with E-state index in [9.17, 15) is 4.79 Å². The maximum Gasteiger partial charge on any atom is 0.163 e. The monoisotopic (exact) mass is 500 g/mol. The van der Waals surface area contributed by atoms with E-state index in [2.05, 4.69) is 43.3 Å². The van der Waals surface area contributed by atoms with Gasteiger partial charge >= 0.3 is 0 Å². The van der Waals surface area contributed by atoms with Crippen LogP contribution in [0.25, 0.3) is 0 Å². The van der Waals surface area contributed by atoms with Gasteiger partial charge in [0.2, 0.25) is 0 Å². The van der Waals surface area contributed by atoms with Gasteiger partial charge in [-0.15, -0.1) is 0 Å². The van der Waals surface area contributed by atoms with Gasteiger partial charge in [-0.1, -0.05) is 108 Å². The average Bonchev–Trinajstić information content (AvgIpc) is 2.90. The lowest BCUT2D eigenvalue weighted by molar-refractivity contribution is 0.0956. The van der Waals surface area contributed by atoms with Gasteiger partial charge in [0.25, 0.3) is 0 Å². The van der Waals surface area contributed by atoms with Crippen LogP contribution in [-0.4, -0.2) is 5.78 Å². The molecule has 2 fully saturated rings. The Bertz CT molecular complexity index is 1030. The van der Waals surface area contributed by atoms with Crippen LogP contribution in [-0.2, 0) is 32.1 Å². The maximum atomic E-state index is 13.5. The first-order chi connectivity index (χ1) is 18.2. The number of hydrogen-bond acceptors (Lipinski definition) is 1. The summed E-state index contributed by atoms with van der Waals surface area (Å²) in [5.74, 6) is 2.81. The summed E-state index contributed by atoms with van der Waals surface area (Å²) in [7, 11) is 0. The zero-order valence-corrected chi connectivity index (χ0v) is 23.5. The van der Waals surface area contributed by atoms with Gasteiger partial charge in [0.15, 0.2) is 5.78 Å². The van der Waals surface area contributed by atoms with Crippen molar-refractivity contribution < 1.29 is 6.22 Å². The van der Waals surface area contributed by atoms with E-state index < -0.39 is 0 Å². The third-order valence-electron chi connectivity index (χ3n) is 9.93. The fourth-order valence-electron chi connectivity index (χ4n) is 7.36. The summed E-state index contributed by atoms with van der Waals surface area (Å²) in [6.07, 6.45) is 24.2. The molecule has 2 aromatic rings. The first-order valence-electron chi connectivity index (χ1n) is 15.9. The van der Waals surface area contributed by atoms with E-state index in [4.69, 9.17) is 0 Å². The lowest BCUT2D eigenvalue weighted by atomic mass is 9.79. The van der Waals surface area contributed by atoms with Crippen molar-refractivity contribution in [3.8, 4) is 0 Å². The minimum absolute atomic E-state index is 0. The summed E-state index contributed by atoms with van der Waals surface area (Å²) in [6, 6.07) is 14.1. The molecule has 0 aliphatic heterocycles. The molecular weight excluding hydrogens is 448 g/mol. The molecule has 1 heteroatoms. The summed E-state index contributed by atoms with van der Waals surface area (Å²) in [5.41, 5.74) is 8.34. The number of rotatable bonds is 12. The number of aryl methyl sites for hydroxylation is 4. The van der Waals surface area contributed by atoms with Crippen molar-refractivity contribution in [2.24, 2.45) is 17.8 Å². The van der Waals surface area contributed by atoms with Gasteiger partial charge < -0.3 is 0 Å². The Morgan fingerprint density at radius 2 is 1.51 bits per heavy atom. The third-order valence-corrected chi connectivity index (χ3v) is 9.93. The summed E-state index contributed by atoms with van der Waals surface area (Å²) in [5, 5.41) is 0. The van der Waals surface area contributed by atoms with Crippen molar-refractivity contribution in [2.45, 2.75) is 129 Å². The van der Waals surface area contributed by atoms with E-state index in [1.54, 1.807) is 5.56 Å². The summed E-state index contributed by atoms with van der Waals surface area (Å²) >= 11 is 0. The summed E-state index contributed by atoms with van der Waals surface area (Å²) < 4.78 is 0. The highest BCUT2D eigenvalue weighted by molar-refractivity contribution is 5.97. The van der Waals surface area contributed by atoms with Gasteiger partial charge in [-0.05, 0) is 96.9 Å². The number of fused-ring (bicyclic) bond motifs is 1. The SMILES string of the molecule is CCCc1cc(CCC2CCCCC2)ccc1C(=O)CC1CCc2cc(CCCC3CCC3)ccc2C1.[HH]. The van der Waals surface area contributed by atoms with Gasteiger partial charge in [0.05, 0.1) is 0 Å². The van der Waals surface area contributed by atoms with Gasteiger partial charge in [-0.25, -0.2) is 0 Å². The van der Waals surface area contributed by atoms with Crippen LogP contribution in [0.2, 0.25) is 0 Å². The number of hydrogen-bond donors (Lipinski definition) is 0. The number of carbonyl (C=O) groups excluding carboxylic acids is 1. The van der Waals surface area contributed by atoms with Crippen LogP contribution in [0.4, 0.5) is 0 Å². The highest BCUT2D eigenvalue weighted by Gasteiger charge is 2.23. The molecule has 202 valence electrons. The second kappa shape index (κ2) is 13.3. The largest absolute Gasteiger partial charge is 0.294 e. The maximum absolute atomic E-state index is 13.5. The molecule has 5 rings (SSSR count). The molecule has 1 atom stereocenters. The quantitative estimate of drug-likeness (QED) is 0.265. The Morgan fingerprint density at radius 3 is 2.30 bits per heavy atom. The molecule has 2 aromatic carbocycles. The van der Waals surface area contributed by atoms with E-state index in [0.717, 1.165) is 49.5 Å². The van der Waals surface area contributed by atoms with Gasteiger partial charge in [0, 0.05) is 13.4 Å². The fraction of sp³-hybridized carbons (Fsp3) is 0.639. The Balaban J connectivity index is 0.00000336. The predicted molar refractivity (Wildman–Crippen MR) is 159 cm³/mol. The number of carbonyl (C=O) groups is 1. The number of ketones is 1. The van der Waals surface area contributed by atoms with Crippen molar-refractivity contribution in [3.63, 3.8) is 0 Å². The molecule has 2 saturated carbocycles. The van der Waals surface area contributed by atoms with Crippen molar-refractivity contribution >= 4 is 5.78 Å². The van der Waals surface area contributed by atoms with Crippen LogP contribution in [0.5, 0.6) is 0 Å². The summed E-state index contributed by atoms with van der Waals surface area (Å²) in [6.45, 7) is 2.24. The lowest BCUT2D eigenvalue weighted by Crippen LogP contribution is -2.19. The van der Waals surface area contributed by atoms with Crippen LogP contribution in [0.15, 0.2) is 36.4 Å². The molecule has 0 amide bonds. The van der Waals surface area contributed by atoms with Crippen molar-refractivity contribution in [1.82, 2.24) is 0 Å². The molecule has 0 bridgehead atoms. The van der Waals surface area contributed by atoms with Crippen molar-refractivity contribution in [1.29, 1.82) is 0 Å².